The maximum Gasteiger partial charge on any atom is 0.358 e. The molecule has 5 rings (SSSR count). The summed E-state index contributed by atoms with van der Waals surface area (Å²) in [6.07, 6.45) is 2.51. The summed E-state index contributed by atoms with van der Waals surface area (Å²) in [5, 5.41) is 31.7. The molecule has 0 saturated heterocycles. The summed E-state index contributed by atoms with van der Waals surface area (Å²) in [6, 6.07) is 22.9. The zero-order valence-electron chi connectivity index (χ0n) is 23.4. The summed E-state index contributed by atoms with van der Waals surface area (Å²) >= 11 is 6.52. The molecule has 0 fully saturated rings. The van der Waals surface area contributed by atoms with Gasteiger partial charge in [0.15, 0.2) is 10.8 Å². The molecule has 0 aliphatic heterocycles. The zero-order valence-corrected chi connectivity index (χ0v) is 24.1. The predicted molar refractivity (Wildman–Crippen MR) is 156 cm³/mol. The Morgan fingerprint density at radius 3 is 2.42 bits per heavy atom. The van der Waals surface area contributed by atoms with E-state index in [9.17, 15) is 4.79 Å². The van der Waals surface area contributed by atoms with Crippen molar-refractivity contribution in [3.8, 4) is 22.5 Å². The molecule has 5 aromatic rings. The van der Waals surface area contributed by atoms with Crippen molar-refractivity contribution in [1.82, 2.24) is 35.6 Å². The van der Waals surface area contributed by atoms with Gasteiger partial charge in [-0.05, 0) is 39.5 Å². The van der Waals surface area contributed by atoms with Crippen LogP contribution in [0.2, 0.25) is 5.15 Å². The minimum Gasteiger partial charge on any atom is -0.456 e. The van der Waals surface area contributed by atoms with Gasteiger partial charge in [0.2, 0.25) is 5.82 Å². The zero-order chi connectivity index (χ0) is 30.2. The molecular formula is C30H30ClN7O5. The van der Waals surface area contributed by atoms with Crippen LogP contribution >= 0.6 is 11.6 Å². The first-order valence-corrected chi connectivity index (χ1v) is 14.0. The maximum absolute atomic E-state index is 13.3. The van der Waals surface area contributed by atoms with Crippen molar-refractivity contribution >= 4 is 17.6 Å². The third-order valence-electron chi connectivity index (χ3n) is 6.78. The number of nitrogens with zero attached hydrogens (tertiary/aromatic N) is 6. The Labute approximate surface area is 252 Å². The topological polar surface area (TPSA) is 152 Å². The molecule has 0 saturated carbocycles. The van der Waals surface area contributed by atoms with Gasteiger partial charge in [0, 0.05) is 18.5 Å². The lowest BCUT2D eigenvalue weighted by Gasteiger charge is -2.13. The summed E-state index contributed by atoms with van der Waals surface area (Å²) in [7, 11) is 0. The van der Waals surface area contributed by atoms with Crippen molar-refractivity contribution in [3.63, 3.8) is 0 Å². The first-order valence-electron chi connectivity index (χ1n) is 13.7. The summed E-state index contributed by atoms with van der Waals surface area (Å²) in [5.74, 6) is 0.630. The lowest BCUT2D eigenvalue weighted by molar-refractivity contribution is -0.497. The van der Waals surface area contributed by atoms with Gasteiger partial charge in [-0.15, -0.1) is 10.2 Å². The molecular weight excluding hydrogens is 574 g/mol. The average molecular weight is 604 g/mol. The van der Waals surface area contributed by atoms with Crippen LogP contribution in [0.4, 0.5) is 0 Å². The summed E-state index contributed by atoms with van der Waals surface area (Å²) in [5.41, 5.74) is 5.31. The van der Waals surface area contributed by atoms with Crippen molar-refractivity contribution in [1.29, 1.82) is 0 Å². The Hall–Kier alpha value is -4.46. The van der Waals surface area contributed by atoms with E-state index in [1.54, 1.807) is 24.3 Å². The molecule has 12 nitrogen and oxygen atoms in total. The van der Waals surface area contributed by atoms with Crippen LogP contribution in [0, 0.1) is 0 Å². The van der Waals surface area contributed by atoms with Gasteiger partial charge in [-0.2, -0.15) is 5.21 Å². The second-order valence-corrected chi connectivity index (χ2v) is 10.1. The Balaban J connectivity index is 1.36. The number of unbranched alkanes of at least 4 members (excludes halogenated alkanes) is 1. The highest BCUT2D eigenvalue weighted by Gasteiger charge is 2.24. The lowest BCUT2D eigenvalue weighted by Crippen LogP contribution is -2.16. The predicted octanol–water partition coefficient (Wildman–Crippen LogP) is 5.64. The minimum absolute atomic E-state index is 0.0189. The van der Waals surface area contributed by atoms with E-state index in [1.165, 1.54) is 0 Å². The number of esters is 1. The van der Waals surface area contributed by atoms with Crippen molar-refractivity contribution in [2.24, 2.45) is 0 Å². The molecule has 0 atom stereocenters. The number of H-pyrrole nitrogens is 1. The van der Waals surface area contributed by atoms with Crippen molar-refractivity contribution < 1.29 is 24.8 Å². The molecule has 13 heteroatoms. The van der Waals surface area contributed by atoms with Gasteiger partial charge in [0.25, 0.3) is 0 Å². The number of rotatable bonds is 13. The molecule has 0 aliphatic carbocycles. The lowest BCUT2D eigenvalue weighted by atomic mass is 9.98. The van der Waals surface area contributed by atoms with Crippen LogP contribution in [0.25, 0.3) is 22.5 Å². The number of imidazole rings is 1. The Kier molecular flexibility index (Phi) is 9.87. The monoisotopic (exact) mass is 603 g/mol. The highest BCUT2D eigenvalue weighted by Crippen LogP contribution is 2.30. The number of aryl methyl sites for hydroxylation is 1. The normalized spacial score (nSPS) is 11.3. The van der Waals surface area contributed by atoms with Crippen LogP contribution < -0.4 is 0 Å². The van der Waals surface area contributed by atoms with Gasteiger partial charge in [-0.3, -0.25) is 10.4 Å². The molecule has 0 spiro atoms. The molecule has 0 radical (unpaired) electrons. The van der Waals surface area contributed by atoms with Crippen molar-refractivity contribution in [3.05, 3.63) is 106 Å². The third kappa shape index (κ3) is 7.49. The quantitative estimate of drug-likeness (QED) is 0.114. The van der Waals surface area contributed by atoms with Crippen LogP contribution in [0.3, 0.4) is 0 Å². The number of hydrogen-bond donors (Lipinski definition) is 3. The smallest absolute Gasteiger partial charge is 0.358 e. The summed E-state index contributed by atoms with van der Waals surface area (Å²) < 4.78 is 7.47. The fraction of sp³-hybridized carbons (Fsp3) is 0.233. The molecule has 2 heterocycles. The van der Waals surface area contributed by atoms with E-state index in [4.69, 9.17) is 26.8 Å². The van der Waals surface area contributed by atoms with Gasteiger partial charge in [0.1, 0.15) is 12.4 Å². The molecule has 0 unspecified atom stereocenters. The largest absolute Gasteiger partial charge is 0.456 e. The van der Waals surface area contributed by atoms with Gasteiger partial charge >= 0.3 is 5.97 Å². The second-order valence-electron chi connectivity index (χ2n) is 9.76. The van der Waals surface area contributed by atoms with E-state index < -0.39 is 5.97 Å². The molecule has 3 N–H and O–H groups in total. The molecule has 2 aromatic heterocycles. The molecule has 3 aromatic carbocycles. The van der Waals surface area contributed by atoms with Crippen LogP contribution in [0.5, 0.6) is 0 Å². The molecule has 0 amide bonds. The highest BCUT2D eigenvalue weighted by molar-refractivity contribution is 6.32. The fourth-order valence-corrected chi connectivity index (χ4v) is 4.97. The van der Waals surface area contributed by atoms with Gasteiger partial charge in [0.05, 0.1) is 12.0 Å². The maximum atomic E-state index is 13.3. The number of carbonyl (C=O) groups is 1. The van der Waals surface area contributed by atoms with Crippen LogP contribution in [0.1, 0.15) is 52.8 Å². The van der Waals surface area contributed by atoms with E-state index in [1.807, 2.05) is 53.1 Å². The number of hydrogen-bond acceptors (Lipinski definition) is 10. The molecule has 43 heavy (non-hydrogen) atoms. The first-order chi connectivity index (χ1) is 20.9. The summed E-state index contributed by atoms with van der Waals surface area (Å²) in [4.78, 5) is 22.5. The number of tetrazole rings is 1. The molecule has 0 aliphatic rings. The van der Waals surface area contributed by atoms with Crippen LogP contribution in [0.15, 0.2) is 72.8 Å². The third-order valence-corrected chi connectivity index (χ3v) is 7.04. The number of nitrogens with one attached hydrogen (secondary N) is 1. The van der Waals surface area contributed by atoms with Gasteiger partial charge in [-0.1, -0.05) is 97.7 Å². The van der Waals surface area contributed by atoms with Crippen molar-refractivity contribution in [2.45, 2.75) is 45.9 Å². The van der Waals surface area contributed by atoms with E-state index >= 15 is 0 Å². The van der Waals surface area contributed by atoms with Gasteiger partial charge in [-0.25, -0.2) is 14.6 Å². The first kappa shape index (κ1) is 30.0. The number of aromatic nitrogens is 6. The molecule has 222 valence electrons. The second kappa shape index (κ2) is 14.1. The SMILES string of the molecule is CCCCc1nc(Cl)c(C(=O)OCc2cccc(CON(O)O)c2)n1Cc1ccc(-c2ccccc2-c2nn[nH]n2)cc1. The van der Waals surface area contributed by atoms with E-state index in [0.29, 0.717) is 35.7 Å². The van der Waals surface area contributed by atoms with Gasteiger partial charge < -0.3 is 9.30 Å². The van der Waals surface area contributed by atoms with Crippen LogP contribution in [-0.4, -0.2) is 51.9 Å². The Morgan fingerprint density at radius 1 is 0.977 bits per heavy atom. The number of ether oxygens (including phenoxy) is 1. The van der Waals surface area contributed by atoms with Crippen molar-refractivity contribution in [2.75, 3.05) is 0 Å². The molecule has 0 bridgehead atoms. The summed E-state index contributed by atoms with van der Waals surface area (Å²) in [6.45, 7) is 2.37. The Morgan fingerprint density at radius 2 is 1.72 bits per heavy atom. The number of halogens is 1. The average Bonchev–Trinajstić information content (AvgIpc) is 3.66. The Bertz CT molecular complexity index is 1660. The minimum atomic E-state index is -0.593. The number of benzene rings is 3. The van der Waals surface area contributed by atoms with E-state index in [0.717, 1.165) is 35.1 Å². The number of carbonyl (C=O) groups excluding carboxylic acids is 1. The highest BCUT2D eigenvalue weighted by atomic mass is 35.5. The van der Waals surface area contributed by atoms with E-state index in [-0.39, 0.29) is 29.5 Å². The number of aromatic amines is 1. The van der Waals surface area contributed by atoms with E-state index in [2.05, 4.69) is 37.4 Å². The van der Waals surface area contributed by atoms with Crippen LogP contribution in [-0.2, 0) is 35.8 Å². The fourth-order valence-electron chi connectivity index (χ4n) is 4.69. The standard InChI is InChI=1S/C30H30ClN7O5/c1-2-3-11-26-32-28(31)27(30(39)42-18-21-7-6-8-22(16-21)19-43-38(40)41)37(26)17-20-12-14-23(15-13-20)24-9-4-5-10-25(24)29-33-35-36-34-29/h4-10,12-16,40-41H,2-3,11,17-19H2,1H3,(H,33,34,35,36).